The van der Waals surface area contributed by atoms with Gasteiger partial charge in [-0.3, -0.25) is 0 Å². The van der Waals surface area contributed by atoms with Crippen LogP contribution in [0, 0.1) is 0 Å². The van der Waals surface area contributed by atoms with Gasteiger partial charge in [0.1, 0.15) is 0 Å². The summed E-state index contributed by atoms with van der Waals surface area (Å²) in [5.41, 5.74) is -12.4. The lowest BCUT2D eigenvalue weighted by Gasteiger charge is -2.29. The van der Waals surface area contributed by atoms with Gasteiger partial charge in [-0.05, 0) is 19.3 Å². The van der Waals surface area contributed by atoms with E-state index >= 15 is 0 Å². The Morgan fingerprint density at radius 3 is 1.57 bits per heavy atom. The number of hydrogen-bond donors (Lipinski definition) is 0. The van der Waals surface area contributed by atoms with Crippen molar-refractivity contribution in [1.82, 2.24) is 0 Å². The van der Waals surface area contributed by atoms with Gasteiger partial charge in [-0.25, -0.2) is 16.8 Å². The largest absolute Gasteiger partial charge is 0.480 e. The van der Waals surface area contributed by atoms with Crippen LogP contribution in [0.4, 0.5) is 26.3 Å². The van der Waals surface area contributed by atoms with E-state index in [0.29, 0.717) is 0 Å². The molecular weight excluding hydrogens is 462 g/mol. The first-order chi connectivity index (χ1) is 12.5. The van der Waals surface area contributed by atoms with Gasteiger partial charge in [-0.2, -0.15) is 26.3 Å². The van der Waals surface area contributed by atoms with E-state index in [1.807, 2.05) is 0 Å². The van der Waals surface area contributed by atoms with Gasteiger partial charge in [0.2, 0.25) is 0 Å². The lowest BCUT2D eigenvalue weighted by Crippen LogP contribution is -2.41. The Kier molecular flexibility index (Phi) is 10.5. The van der Waals surface area contributed by atoms with E-state index in [9.17, 15) is 43.2 Å². The van der Waals surface area contributed by atoms with Crippen molar-refractivity contribution >= 4 is 31.6 Å². The molecule has 28 heavy (non-hydrogen) atoms. The highest BCUT2D eigenvalue weighted by Gasteiger charge is 2.46. The maximum absolute atomic E-state index is 11.4. The average molecular weight is 485 g/mol. The molecule has 0 amide bonds. The van der Waals surface area contributed by atoms with Crippen LogP contribution in [0.5, 0.6) is 0 Å². The molecule has 1 heterocycles. The zero-order valence-corrected chi connectivity index (χ0v) is 17.4. The fourth-order valence-corrected chi connectivity index (χ4v) is 4.38. The molecule has 1 saturated heterocycles. The number of sulfonamides is 2. The second-order valence-corrected chi connectivity index (χ2v) is 10.3. The van der Waals surface area contributed by atoms with Gasteiger partial charge >= 0.3 is 11.0 Å². The Balaban J connectivity index is 0.000000525. The molecule has 1 aliphatic heterocycles. The van der Waals surface area contributed by atoms with Crippen LogP contribution in [-0.4, -0.2) is 64.9 Å². The molecule has 6 nitrogen and oxygen atoms in total. The SMILES string of the molecule is C[N+]1(CCCCCCCl)CCCC1.O=S(=O)([N-]S(=O)(=O)C(F)(F)F)C(F)(F)F. The number of hydrogen-bond acceptors (Lipinski definition) is 4. The predicted octanol–water partition coefficient (Wildman–Crippen LogP) is 4.09. The first-order valence-electron chi connectivity index (χ1n) is 8.24. The van der Waals surface area contributed by atoms with Crippen LogP contribution >= 0.6 is 11.6 Å². The first kappa shape index (κ1) is 27.7. The molecule has 0 aromatic heterocycles. The molecule has 0 spiro atoms. The van der Waals surface area contributed by atoms with Crippen LogP contribution < -0.4 is 0 Å². The van der Waals surface area contributed by atoms with Crippen LogP contribution in [0.1, 0.15) is 38.5 Å². The van der Waals surface area contributed by atoms with Gasteiger partial charge < -0.3 is 8.61 Å². The predicted molar refractivity (Wildman–Crippen MR) is 92.5 cm³/mol. The lowest BCUT2D eigenvalue weighted by molar-refractivity contribution is -0.897. The van der Waals surface area contributed by atoms with E-state index < -0.39 is 31.1 Å². The fraction of sp³-hybridized carbons (Fsp3) is 1.00. The molecule has 0 bridgehead atoms. The molecule has 15 heteroatoms. The monoisotopic (exact) mass is 484 g/mol. The number of quaternary nitrogens is 1. The van der Waals surface area contributed by atoms with Crippen LogP contribution in [0.2, 0.25) is 0 Å². The molecule has 0 saturated carbocycles. The Hall–Kier alpha value is -0.310. The number of unbranched alkanes of at least 4 members (excludes halogenated alkanes) is 3. The molecule has 1 aliphatic rings. The Morgan fingerprint density at radius 1 is 0.821 bits per heavy atom. The zero-order chi connectivity index (χ0) is 22.3. The van der Waals surface area contributed by atoms with E-state index in [0.717, 1.165) is 10.0 Å². The van der Waals surface area contributed by atoms with Crippen LogP contribution in [0.25, 0.3) is 4.13 Å². The van der Waals surface area contributed by atoms with Gasteiger partial charge in [0.25, 0.3) is 0 Å². The molecular formula is C13H23ClF6N2O4S2. The third-order valence-electron chi connectivity index (χ3n) is 4.01. The summed E-state index contributed by atoms with van der Waals surface area (Å²) in [6.07, 6.45) is 8.18. The molecule has 0 N–H and O–H groups in total. The second-order valence-electron chi connectivity index (χ2n) is 6.52. The third-order valence-corrected chi connectivity index (χ3v) is 7.02. The topological polar surface area (TPSA) is 82.4 Å². The minimum Gasteiger partial charge on any atom is -0.421 e. The molecule has 0 aromatic carbocycles. The smallest absolute Gasteiger partial charge is 0.421 e. The molecule has 0 aromatic rings. The van der Waals surface area contributed by atoms with Gasteiger partial charge in [0, 0.05) is 18.7 Å². The number of halogens is 7. The van der Waals surface area contributed by atoms with Gasteiger partial charge in [-0.1, -0.05) is 6.42 Å². The van der Waals surface area contributed by atoms with E-state index in [1.165, 1.54) is 62.6 Å². The molecule has 1 fully saturated rings. The standard InChI is InChI=1S/C11H23ClN.C2F6NO4S2/c1-13(10-6-7-11-13)9-5-3-2-4-8-12;3-1(4,5)14(10,11)9-15(12,13)2(6,7)8/h2-11H2,1H3;/q+1;-1. The van der Waals surface area contributed by atoms with Crippen LogP contribution in [0.15, 0.2) is 0 Å². The summed E-state index contributed by atoms with van der Waals surface area (Å²) in [6.45, 7) is 4.22. The molecule has 0 unspecified atom stereocenters. The van der Waals surface area contributed by atoms with Crippen molar-refractivity contribution in [2.24, 2.45) is 0 Å². The molecule has 0 radical (unpaired) electrons. The lowest BCUT2D eigenvalue weighted by atomic mass is 10.2. The molecule has 170 valence electrons. The van der Waals surface area contributed by atoms with Crippen molar-refractivity contribution in [3.8, 4) is 0 Å². The Morgan fingerprint density at radius 2 is 1.21 bits per heavy atom. The van der Waals surface area contributed by atoms with Gasteiger partial charge in [0.15, 0.2) is 20.0 Å². The molecule has 1 rings (SSSR count). The van der Waals surface area contributed by atoms with Gasteiger partial charge in [-0.15, -0.1) is 11.6 Å². The number of likely N-dealkylation sites (tertiary alicyclic amines) is 1. The van der Waals surface area contributed by atoms with Crippen LogP contribution in [-0.2, 0) is 20.0 Å². The van der Waals surface area contributed by atoms with Crippen molar-refractivity contribution < 1.29 is 47.7 Å². The third kappa shape index (κ3) is 9.46. The number of alkyl halides is 7. The zero-order valence-electron chi connectivity index (χ0n) is 15.1. The van der Waals surface area contributed by atoms with E-state index in [1.54, 1.807) is 0 Å². The first-order valence-corrected chi connectivity index (χ1v) is 11.7. The number of rotatable bonds is 8. The molecule has 0 atom stereocenters. The van der Waals surface area contributed by atoms with E-state index in [-0.39, 0.29) is 0 Å². The highest BCUT2D eigenvalue weighted by Crippen LogP contribution is 2.36. The van der Waals surface area contributed by atoms with Gasteiger partial charge in [0.05, 0.1) is 26.7 Å². The fourth-order valence-electron chi connectivity index (χ4n) is 2.48. The van der Waals surface area contributed by atoms with Crippen LogP contribution in [0.3, 0.4) is 0 Å². The summed E-state index contributed by atoms with van der Waals surface area (Å²) < 4.78 is 111. The van der Waals surface area contributed by atoms with Crippen molar-refractivity contribution in [2.45, 2.75) is 49.5 Å². The summed E-state index contributed by atoms with van der Waals surface area (Å²) in [5.74, 6) is 0.839. The minimum atomic E-state index is -6.72. The molecule has 0 aliphatic carbocycles. The summed E-state index contributed by atoms with van der Waals surface area (Å²) in [6, 6.07) is 0. The Bertz CT molecular complexity index is 632. The maximum Gasteiger partial charge on any atom is 0.480 e. The van der Waals surface area contributed by atoms with E-state index in [2.05, 4.69) is 7.05 Å². The minimum absolute atomic E-state index is 0.778. The van der Waals surface area contributed by atoms with E-state index in [4.69, 9.17) is 11.6 Å². The van der Waals surface area contributed by atoms with Crippen molar-refractivity contribution in [1.29, 1.82) is 0 Å². The Labute approximate surface area is 165 Å². The average Bonchev–Trinajstić information content (AvgIpc) is 2.91. The number of nitrogens with zero attached hydrogens (tertiary/aromatic N) is 2. The van der Waals surface area contributed by atoms with Crippen molar-refractivity contribution in [2.75, 3.05) is 32.6 Å². The highest BCUT2D eigenvalue weighted by atomic mass is 35.5. The second kappa shape index (κ2) is 10.6. The van der Waals surface area contributed by atoms with Crippen molar-refractivity contribution in [3.63, 3.8) is 0 Å². The highest BCUT2D eigenvalue weighted by molar-refractivity contribution is 8.13. The maximum atomic E-state index is 11.4. The van der Waals surface area contributed by atoms with Crippen molar-refractivity contribution in [3.05, 3.63) is 4.13 Å². The summed E-state index contributed by atoms with van der Waals surface area (Å²) in [7, 11) is -11.0. The quantitative estimate of drug-likeness (QED) is 0.225. The summed E-state index contributed by atoms with van der Waals surface area (Å²) in [4.78, 5) is 0. The summed E-state index contributed by atoms with van der Waals surface area (Å²) in [5, 5.41) is 0. The normalized spacial score (nSPS) is 17.9. The summed E-state index contributed by atoms with van der Waals surface area (Å²) >= 11 is 5.63.